The Morgan fingerprint density at radius 3 is 2.60 bits per heavy atom. The summed E-state index contributed by atoms with van der Waals surface area (Å²) in [5.41, 5.74) is 3.97. The van der Waals surface area contributed by atoms with Crippen LogP contribution >= 0.6 is 0 Å². The average molecular weight is 404 g/mol. The van der Waals surface area contributed by atoms with Gasteiger partial charge in [-0.05, 0) is 42.0 Å². The molecule has 0 bridgehead atoms. The Labute approximate surface area is 176 Å². The maximum absolute atomic E-state index is 12.5. The number of nitrogens with one attached hydrogen (secondary N) is 2. The van der Waals surface area contributed by atoms with Crippen molar-refractivity contribution in [3.8, 4) is 0 Å². The molecule has 0 spiro atoms. The third kappa shape index (κ3) is 4.17. The van der Waals surface area contributed by atoms with E-state index >= 15 is 0 Å². The quantitative estimate of drug-likeness (QED) is 0.408. The zero-order valence-electron chi connectivity index (χ0n) is 17.9. The lowest BCUT2D eigenvalue weighted by molar-refractivity contribution is 0.406. The van der Waals surface area contributed by atoms with E-state index in [9.17, 15) is 4.79 Å². The number of rotatable bonds is 8. The number of nitrogens with zero attached hydrogens (tertiary/aromatic N) is 1. The molecule has 0 saturated heterocycles. The van der Waals surface area contributed by atoms with Gasteiger partial charge in [-0.1, -0.05) is 63.6 Å². The first-order valence-electron chi connectivity index (χ1n) is 10.8. The topological polar surface area (TPSA) is 70.9 Å². The molecule has 5 heteroatoms. The van der Waals surface area contributed by atoms with E-state index in [1.807, 2.05) is 24.3 Å². The highest BCUT2D eigenvalue weighted by molar-refractivity contribution is 6.01. The summed E-state index contributed by atoms with van der Waals surface area (Å²) in [6, 6.07) is 16.7. The number of fused-ring (bicyclic) bond motifs is 3. The van der Waals surface area contributed by atoms with Gasteiger partial charge in [0.15, 0.2) is 0 Å². The Bertz CT molecular complexity index is 1190. The van der Waals surface area contributed by atoms with Crippen molar-refractivity contribution in [3.05, 3.63) is 75.8 Å². The number of unbranched alkanes of at least 4 members (excludes halogenated alkanes) is 1. The molecule has 0 amide bonds. The molecular formula is C25H29N3O2. The molecule has 0 saturated carbocycles. The van der Waals surface area contributed by atoms with Gasteiger partial charge in [-0.2, -0.15) is 0 Å². The van der Waals surface area contributed by atoms with E-state index in [1.54, 1.807) is 0 Å². The van der Waals surface area contributed by atoms with Crippen molar-refractivity contribution in [1.29, 1.82) is 0 Å². The van der Waals surface area contributed by atoms with Crippen LogP contribution in [0.1, 0.15) is 56.6 Å². The minimum absolute atomic E-state index is 0.173. The van der Waals surface area contributed by atoms with Gasteiger partial charge < -0.3 is 14.7 Å². The summed E-state index contributed by atoms with van der Waals surface area (Å²) in [7, 11) is 0. The van der Waals surface area contributed by atoms with E-state index in [1.165, 1.54) is 24.0 Å². The van der Waals surface area contributed by atoms with Crippen LogP contribution in [0.3, 0.4) is 0 Å². The van der Waals surface area contributed by atoms with Gasteiger partial charge in [0, 0.05) is 11.4 Å². The third-order valence-electron chi connectivity index (χ3n) is 5.59. The zero-order valence-corrected chi connectivity index (χ0v) is 17.9. The number of H-pyrrole nitrogens is 1. The molecule has 0 aliphatic heterocycles. The minimum Gasteiger partial charge on any atom is -0.449 e. The first-order chi connectivity index (χ1) is 14.6. The van der Waals surface area contributed by atoms with Crippen molar-refractivity contribution < 1.29 is 4.42 Å². The number of benzene rings is 2. The van der Waals surface area contributed by atoms with E-state index in [2.05, 4.69) is 60.3 Å². The van der Waals surface area contributed by atoms with Crippen molar-refractivity contribution in [1.82, 2.24) is 15.3 Å². The average Bonchev–Trinajstić information content (AvgIpc) is 3.12. The van der Waals surface area contributed by atoms with Crippen LogP contribution in [0.15, 0.2) is 57.7 Å². The summed E-state index contributed by atoms with van der Waals surface area (Å²) in [6.07, 6.45) is 3.55. The van der Waals surface area contributed by atoms with Crippen molar-refractivity contribution >= 4 is 22.1 Å². The predicted octanol–water partition coefficient (Wildman–Crippen LogP) is 5.50. The smallest absolute Gasteiger partial charge is 0.294 e. The molecule has 2 N–H and O–H groups in total. The first-order valence-corrected chi connectivity index (χ1v) is 10.8. The number of aryl methyl sites for hydroxylation is 1. The molecule has 4 rings (SSSR count). The van der Waals surface area contributed by atoms with Crippen LogP contribution in [-0.2, 0) is 13.0 Å². The van der Waals surface area contributed by atoms with Crippen LogP contribution in [0.5, 0.6) is 0 Å². The highest BCUT2D eigenvalue weighted by atomic mass is 16.3. The number of aromatic nitrogens is 2. The first kappa shape index (κ1) is 20.4. The van der Waals surface area contributed by atoms with Gasteiger partial charge in [0.05, 0.1) is 6.54 Å². The monoisotopic (exact) mass is 403 g/mol. The molecular weight excluding hydrogens is 374 g/mol. The molecule has 156 valence electrons. The van der Waals surface area contributed by atoms with Gasteiger partial charge >= 0.3 is 0 Å². The van der Waals surface area contributed by atoms with Crippen molar-refractivity contribution in [2.75, 3.05) is 0 Å². The van der Waals surface area contributed by atoms with E-state index < -0.39 is 0 Å². The fourth-order valence-corrected chi connectivity index (χ4v) is 3.95. The molecule has 0 aliphatic rings. The van der Waals surface area contributed by atoms with Crippen molar-refractivity contribution in [2.24, 2.45) is 5.92 Å². The SMILES string of the molecule is CCCCc1ccc([C@@H](NCc2nc3c(oc4ccccc43)c(=O)[nH]2)C(C)C)cc1. The number of para-hydroxylation sites is 1. The molecule has 2 aromatic heterocycles. The van der Waals surface area contributed by atoms with Gasteiger partial charge in [0.2, 0.25) is 5.58 Å². The summed E-state index contributed by atoms with van der Waals surface area (Å²) >= 11 is 0. The standard InChI is InChI=1S/C25H29N3O2/c1-4-5-8-17-11-13-18(14-12-17)22(16(2)3)26-15-21-27-23-19-9-6-7-10-20(19)30-24(23)25(29)28-21/h6-7,9-14,16,22,26H,4-5,8,15H2,1-3H3,(H,27,28,29)/t22-/m0/s1. The molecule has 0 fully saturated rings. The van der Waals surface area contributed by atoms with E-state index in [-0.39, 0.29) is 17.2 Å². The minimum atomic E-state index is -0.241. The van der Waals surface area contributed by atoms with Crippen molar-refractivity contribution in [2.45, 2.75) is 52.6 Å². The molecule has 1 atom stereocenters. The second kappa shape index (κ2) is 8.84. The zero-order chi connectivity index (χ0) is 21.1. The van der Waals surface area contributed by atoms with Gasteiger partial charge in [-0.15, -0.1) is 0 Å². The summed E-state index contributed by atoms with van der Waals surface area (Å²) in [4.78, 5) is 20.1. The summed E-state index contributed by atoms with van der Waals surface area (Å²) in [5, 5.41) is 4.45. The van der Waals surface area contributed by atoms with Gasteiger partial charge in [-0.25, -0.2) is 4.98 Å². The molecule has 2 heterocycles. The Hall–Kier alpha value is -2.92. The Morgan fingerprint density at radius 1 is 1.10 bits per heavy atom. The summed E-state index contributed by atoms with van der Waals surface area (Å²) in [5.74, 6) is 1.01. The van der Waals surface area contributed by atoms with Crippen LogP contribution in [0.4, 0.5) is 0 Å². The predicted molar refractivity (Wildman–Crippen MR) is 122 cm³/mol. The van der Waals surface area contributed by atoms with Gasteiger partial charge in [0.1, 0.15) is 16.9 Å². The maximum Gasteiger partial charge on any atom is 0.294 e. The molecule has 30 heavy (non-hydrogen) atoms. The lowest BCUT2D eigenvalue weighted by atomic mass is 9.94. The largest absolute Gasteiger partial charge is 0.449 e. The summed E-state index contributed by atoms with van der Waals surface area (Å²) < 4.78 is 5.68. The van der Waals surface area contributed by atoms with Crippen molar-refractivity contribution in [3.63, 3.8) is 0 Å². The van der Waals surface area contributed by atoms with Crippen LogP contribution in [0, 0.1) is 5.92 Å². The van der Waals surface area contributed by atoms with Crippen LogP contribution < -0.4 is 10.9 Å². The molecule has 2 aromatic carbocycles. The van der Waals surface area contributed by atoms with E-state index in [4.69, 9.17) is 4.42 Å². The maximum atomic E-state index is 12.5. The van der Waals surface area contributed by atoms with Crippen LogP contribution in [0.25, 0.3) is 22.1 Å². The Kier molecular flexibility index (Phi) is 6.00. The highest BCUT2D eigenvalue weighted by Crippen LogP contribution is 2.25. The van der Waals surface area contributed by atoms with Crippen LogP contribution in [0.2, 0.25) is 0 Å². The van der Waals surface area contributed by atoms with E-state index in [0.29, 0.717) is 29.4 Å². The highest BCUT2D eigenvalue weighted by Gasteiger charge is 2.17. The molecule has 0 aliphatic carbocycles. The fourth-order valence-electron chi connectivity index (χ4n) is 3.95. The molecule has 0 radical (unpaired) electrons. The third-order valence-corrected chi connectivity index (χ3v) is 5.59. The van der Waals surface area contributed by atoms with E-state index in [0.717, 1.165) is 11.8 Å². The normalized spacial score (nSPS) is 12.8. The lowest BCUT2D eigenvalue weighted by Gasteiger charge is -2.23. The van der Waals surface area contributed by atoms with Gasteiger partial charge in [-0.3, -0.25) is 4.79 Å². The lowest BCUT2D eigenvalue weighted by Crippen LogP contribution is -2.27. The second-order valence-electron chi connectivity index (χ2n) is 8.24. The molecule has 0 unspecified atom stereocenters. The fraction of sp³-hybridized carbons (Fsp3) is 0.360. The van der Waals surface area contributed by atoms with Gasteiger partial charge in [0.25, 0.3) is 5.56 Å². The number of hydrogen-bond donors (Lipinski definition) is 2. The number of hydrogen-bond acceptors (Lipinski definition) is 4. The second-order valence-corrected chi connectivity index (χ2v) is 8.24. The number of furan rings is 1. The molecule has 4 aromatic rings. The number of aromatic amines is 1. The Morgan fingerprint density at radius 2 is 1.87 bits per heavy atom. The summed E-state index contributed by atoms with van der Waals surface area (Å²) in [6.45, 7) is 7.09. The molecule has 5 nitrogen and oxygen atoms in total. The van der Waals surface area contributed by atoms with Crippen LogP contribution in [-0.4, -0.2) is 9.97 Å². The Balaban J connectivity index is 1.56.